The van der Waals surface area contributed by atoms with Crippen molar-refractivity contribution < 1.29 is 0 Å². The van der Waals surface area contributed by atoms with Gasteiger partial charge < -0.3 is 0 Å². The third kappa shape index (κ3) is 0.587. The lowest BCUT2D eigenvalue weighted by Gasteiger charge is -2.22. The van der Waals surface area contributed by atoms with Gasteiger partial charge in [-0.3, -0.25) is 0 Å². The van der Waals surface area contributed by atoms with Crippen LogP contribution in [0.25, 0.3) is 0 Å². The maximum atomic E-state index is 2.28. The molecule has 0 aliphatic heterocycles. The molecule has 0 saturated heterocycles. The minimum Gasteiger partial charge on any atom is -0.0783 e. The molecule has 0 atom stereocenters. The van der Waals surface area contributed by atoms with Crippen LogP contribution in [-0.4, -0.2) is 7.85 Å². The van der Waals surface area contributed by atoms with E-state index in [2.05, 4.69) is 7.85 Å². The fourth-order valence-corrected chi connectivity index (χ4v) is 0.901. The van der Waals surface area contributed by atoms with E-state index in [0.717, 1.165) is 5.92 Å². The fraction of sp³-hybridized carbons (Fsp3) is 1.00. The van der Waals surface area contributed by atoms with Crippen LogP contribution in [0.15, 0.2) is 0 Å². The van der Waals surface area contributed by atoms with Crippen molar-refractivity contribution in [1.82, 2.24) is 0 Å². The highest BCUT2D eigenvalue weighted by atomic mass is 14.2. The lowest BCUT2D eigenvalue weighted by atomic mass is 9.76. The first-order valence-corrected chi connectivity index (χ1v) is 2.93. The largest absolute Gasteiger partial charge is 0.101 e. The Morgan fingerprint density at radius 3 is 2.17 bits per heavy atom. The molecule has 1 aliphatic rings. The van der Waals surface area contributed by atoms with E-state index in [9.17, 15) is 0 Å². The third-order valence-corrected chi connectivity index (χ3v) is 1.80. The van der Waals surface area contributed by atoms with Gasteiger partial charge in [-0.1, -0.05) is 25.6 Å². The normalized spacial score (nSPS) is 23.3. The van der Waals surface area contributed by atoms with Crippen LogP contribution in [0, 0.1) is 5.92 Å². The summed E-state index contributed by atoms with van der Waals surface area (Å²) in [7, 11) is 2.28. The Hall–Kier alpha value is 0.0649. The highest BCUT2D eigenvalue weighted by molar-refractivity contribution is 6.08. The predicted molar refractivity (Wildman–Crippen MR) is 30.7 cm³/mol. The third-order valence-electron chi connectivity index (χ3n) is 1.80. The van der Waals surface area contributed by atoms with Crippen molar-refractivity contribution in [3.8, 4) is 0 Å². The van der Waals surface area contributed by atoms with Crippen molar-refractivity contribution in [2.24, 2.45) is 5.92 Å². The summed E-state index contributed by atoms with van der Waals surface area (Å²) in [5, 5.41) is 0. The minimum atomic E-state index is 1.12. The smallest absolute Gasteiger partial charge is 0.0783 e. The molecule has 34 valence electrons. The monoisotopic (exact) mass is 82.1 g/mol. The summed E-state index contributed by atoms with van der Waals surface area (Å²) in [5.74, 6) is 1.12. The molecule has 0 spiro atoms. The molecule has 0 unspecified atom stereocenters. The summed E-state index contributed by atoms with van der Waals surface area (Å²) in [6.07, 6.45) is 5.94. The molecule has 0 nitrogen and oxygen atoms in total. The lowest BCUT2D eigenvalue weighted by molar-refractivity contribution is 0.347. The maximum Gasteiger partial charge on any atom is 0.101 e. The first-order chi connectivity index (χ1) is 2.93. The molecule has 1 heteroatoms. The molecule has 0 N–H and O–H groups in total. The van der Waals surface area contributed by atoms with Crippen LogP contribution in [0.3, 0.4) is 0 Å². The van der Waals surface area contributed by atoms with E-state index in [4.69, 9.17) is 0 Å². The van der Waals surface area contributed by atoms with Gasteiger partial charge in [0.2, 0.25) is 0 Å². The van der Waals surface area contributed by atoms with Gasteiger partial charge in [-0.2, -0.15) is 0 Å². The second kappa shape index (κ2) is 1.68. The second-order valence-corrected chi connectivity index (χ2v) is 2.21. The Bertz CT molecular complexity index is 36.4. The van der Waals surface area contributed by atoms with Gasteiger partial charge in [-0.15, -0.1) is 0 Å². The predicted octanol–water partition coefficient (Wildman–Crippen LogP) is 0.838. The zero-order valence-electron chi connectivity index (χ0n) is 4.41. The van der Waals surface area contributed by atoms with Gasteiger partial charge in [-0.05, 0) is 5.92 Å². The van der Waals surface area contributed by atoms with Crippen LogP contribution in [0.4, 0.5) is 0 Å². The Labute approximate surface area is 40.3 Å². The Morgan fingerprint density at radius 1 is 1.50 bits per heavy atom. The van der Waals surface area contributed by atoms with Gasteiger partial charge >= 0.3 is 0 Å². The van der Waals surface area contributed by atoms with Crippen molar-refractivity contribution in [3.05, 3.63) is 0 Å². The Balaban J connectivity index is 2.01. The van der Waals surface area contributed by atoms with Crippen molar-refractivity contribution in [3.63, 3.8) is 0 Å². The molecular weight excluding hydrogens is 70.9 g/mol. The molecule has 0 aromatic carbocycles. The van der Waals surface area contributed by atoms with Crippen molar-refractivity contribution >= 4 is 7.85 Å². The van der Waals surface area contributed by atoms with Crippen LogP contribution >= 0.6 is 0 Å². The molecule has 1 aliphatic carbocycles. The molecule has 1 saturated carbocycles. The highest BCUT2D eigenvalue weighted by Crippen LogP contribution is 2.28. The fourth-order valence-electron chi connectivity index (χ4n) is 0.901. The first-order valence-electron chi connectivity index (χ1n) is 2.93. The summed E-state index contributed by atoms with van der Waals surface area (Å²) >= 11 is 0. The van der Waals surface area contributed by atoms with E-state index in [1.165, 1.54) is 25.6 Å². The van der Waals surface area contributed by atoms with E-state index in [-0.39, 0.29) is 0 Å². The highest BCUT2D eigenvalue weighted by Gasteiger charge is 2.13. The SMILES string of the molecule is BCC1CCC1. The average molecular weight is 82.0 g/mol. The first kappa shape index (κ1) is 4.23. The lowest BCUT2D eigenvalue weighted by Crippen LogP contribution is -2.08. The van der Waals surface area contributed by atoms with E-state index >= 15 is 0 Å². The molecule has 0 aromatic rings. The average Bonchev–Trinajstić information content (AvgIpc) is 1.31. The van der Waals surface area contributed by atoms with Crippen LogP contribution < -0.4 is 0 Å². The molecule has 6 heavy (non-hydrogen) atoms. The van der Waals surface area contributed by atoms with Crippen molar-refractivity contribution in [2.45, 2.75) is 25.6 Å². The number of hydrogen-bond donors (Lipinski definition) is 0. The summed E-state index contributed by atoms with van der Waals surface area (Å²) in [6, 6.07) is 0. The summed E-state index contributed by atoms with van der Waals surface area (Å²) in [6.45, 7) is 0. The molecule has 0 aromatic heterocycles. The molecule has 1 fully saturated rings. The van der Waals surface area contributed by atoms with E-state index < -0.39 is 0 Å². The molecule has 0 bridgehead atoms. The topological polar surface area (TPSA) is 0 Å². The van der Waals surface area contributed by atoms with Gasteiger partial charge in [0, 0.05) is 0 Å². The van der Waals surface area contributed by atoms with Crippen molar-refractivity contribution in [1.29, 1.82) is 0 Å². The number of rotatable bonds is 1. The molecular formula is C5H11B. The minimum absolute atomic E-state index is 1.12. The van der Waals surface area contributed by atoms with Crippen LogP contribution in [0.1, 0.15) is 19.3 Å². The molecule has 0 radical (unpaired) electrons. The van der Waals surface area contributed by atoms with E-state index in [0.29, 0.717) is 0 Å². The van der Waals surface area contributed by atoms with Crippen LogP contribution in [0.2, 0.25) is 6.32 Å². The Morgan fingerprint density at radius 2 is 2.17 bits per heavy atom. The summed E-state index contributed by atoms with van der Waals surface area (Å²) < 4.78 is 0. The Kier molecular flexibility index (Phi) is 1.18. The molecule has 0 heterocycles. The quantitative estimate of drug-likeness (QED) is 0.411. The molecule has 0 amide bonds. The van der Waals surface area contributed by atoms with Gasteiger partial charge in [0.25, 0.3) is 0 Å². The zero-order valence-corrected chi connectivity index (χ0v) is 4.41. The summed E-state index contributed by atoms with van der Waals surface area (Å²) in [5.41, 5.74) is 0. The van der Waals surface area contributed by atoms with Gasteiger partial charge in [0.1, 0.15) is 7.85 Å². The zero-order chi connectivity index (χ0) is 4.41. The van der Waals surface area contributed by atoms with Gasteiger partial charge in [0.15, 0.2) is 0 Å². The van der Waals surface area contributed by atoms with Gasteiger partial charge in [-0.25, -0.2) is 0 Å². The summed E-state index contributed by atoms with van der Waals surface area (Å²) in [4.78, 5) is 0. The van der Waals surface area contributed by atoms with Crippen LogP contribution in [0.5, 0.6) is 0 Å². The number of hydrogen-bond acceptors (Lipinski definition) is 0. The van der Waals surface area contributed by atoms with Gasteiger partial charge in [0.05, 0.1) is 0 Å². The second-order valence-electron chi connectivity index (χ2n) is 2.21. The van der Waals surface area contributed by atoms with Crippen LogP contribution in [-0.2, 0) is 0 Å². The van der Waals surface area contributed by atoms with E-state index in [1.54, 1.807) is 0 Å². The molecule has 1 rings (SSSR count). The maximum absolute atomic E-state index is 2.28. The van der Waals surface area contributed by atoms with Crippen molar-refractivity contribution in [2.75, 3.05) is 0 Å². The standard InChI is InChI=1S/C5H11B/c6-4-5-2-1-3-5/h5H,1-4,6H2. The van der Waals surface area contributed by atoms with E-state index in [1.807, 2.05) is 0 Å².